The molecule has 25 heavy (non-hydrogen) atoms. The summed E-state index contributed by atoms with van der Waals surface area (Å²) in [7, 11) is 0. The molecule has 0 atom stereocenters. The van der Waals surface area contributed by atoms with Crippen molar-refractivity contribution in [1.82, 2.24) is 0 Å². The highest BCUT2D eigenvalue weighted by atomic mass is 32.1. The van der Waals surface area contributed by atoms with Crippen molar-refractivity contribution >= 4 is 39.8 Å². The maximum Gasteiger partial charge on any atom is 0.339 e. The molecule has 2 aliphatic heterocycles. The van der Waals surface area contributed by atoms with Crippen LogP contribution in [0.15, 0.2) is 84.2 Å². The van der Waals surface area contributed by atoms with Crippen molar-refractivity contribution in [2.24, 2.45) is 0 Å². The highest BCUT2D eigenvalue weighted by Gasteiger charge is 2.42. The molecule has 3 aromatic carbocycles. The van der Waals surface area contributed by atoms with Crippen molar-refractivity contribution in [3.8, 4) is 22.3 Å². The van der Waals surface area contributed by atoms with Crippen LogP contribution in [0.5, 0.6) is 0 Å². The van der Waals surface area contributed by atoms with Crippen molar-refractivity contribution in [3.05, 3.63) is 84.2 Å². The van der Waals surface area contributed by atoms with Crippen LogP contribution in [0.1, 0.15) is 0 Å². The summed E-state index contributed by atoms with van der Waals surface area (Å²) in [6.45, 7) is 0.260. The van der Waals surface area contributed by atoms with Gasteiger partial charge in [0.2, 0.25) is 0 Å². The molecule has 3 heteroatoms. The average molecular weight is 335 g/mol. The van der Waals surface area contributed by atoms with E-state index >= 15 is 0 Å². The summed E-state index contributed by atoms with van der Waals surface area (Å²) < 4.78 is 1.45. The van der Waals surface area contributed by atoms with Gasteiger partial charge < -0.3 is 4.81 Å². The summed E-state index contributed by atoms with van der Waals surface area (Å²) in [6, 6.07) is 28.7. The van der Waals surface area contributed by atoms with Gasteiger partial charge >= 0.3 is 6.85 Å². The molecule has 0 aliphatic carbocycles. The molecule has 1 nitrogen and oxygen atoms in total. The molecule has 2 aliphatic rings. The van der Waals surface area contributed by atoms with Crippen LogP contribution in [0.4, 0.5) is 11.4 Å². The van der Waals surface area contributed by atoms with E-state index in [1.54, 1.807) is 0 Å². The number of anilines is 2. The third-order valence-electron chi connectivity index (χ3n) is 5.36. The number of nitrogens with zero attached hydrogens (tertiary/aromatic N) is 1. The van der Waals surface area contributed by atoms with E-state index in [0.29, 0.717) is 0 Å². The van der Waals surface area contributed by atoms with E-state index in [-0.39, 0.29) is 6.85 Å². The van der Waals surface area contributed by atoms with E-state index in [0.717, 1.165) is 0 Å². The summed E-state index contributed by atoms with van der Waals surface area (Å²) >= 11 is 1.87. The van der Waals surface area contributed by atoms with Crippen molar-refractivity contribution in [2.75, 3.05) is 4.81 Å². The van der Waals surface area contributed by atoms with Crippen LogP contribution in [-0.2, 0) is 0 Å². The fourth-order valence-electron chi connectivity index (χ4n) is 4.36. The molecular weight excluding hydrogens is 321 g/mol. The average Bonchev–Trinajstić information content (AvgIpc) is 3.17. The van der Waals surface area contributed by atoms with Crippen LogP contribution >= 0.6 is 11.3 Å². The van der Waals surface area contributed by atoms with Gasteiger partial charge in [0.1, 0.15) is 0 Å². The third-order valence-corrected chi connectivity index (χ3v) is 6.33. The molecule has 0 N–H and O–H groups in total. The van der Waals surface area contributed by atoms with Gasteiger partial charge in [-0.1, -0.05) is 60.7 Å². The van der Waals surface area contributed by atoms with Crippen LogP contribution < -0.4 is 15.1 Å². The van der Waals surface area contributed by atoms with Crippen molar-refractivity contribution in [3.63, 3.8) is 0 Å². The van der Waals surface area contributed by atoms with Crippen LogP contribution in [-0.4, -0.2) is 6.85 Å². The first-order chi connectivity index (χ1) is 12.4. The van der Waals surface area contributed by atoms with Gasteiger partial charge in [-0.15, -0.1) is 0 Å². The first kappa shape index (κ1) is 13.5. The molecule has 4 aromatic rings. The fourth-order valence-corrected chi connectivity index (χ4v) is 5.38. The summed E-state index contributed by atoms with van der Waals surface area (Å²) in [5.74, 6) is 0. The van der Waals surface area contributed by atoms with E-state index in [4.69, 9.17) is 0 Å². The molecule has 0 bridgehead atoms. The molecule has 1 aromatic heterocycles. The first-order valence-corrected chi connectivity index (χ1v) is 9.46. The fraction of sp³-hybridized carbons (Fsp3) is 0. The molecule has 0 saturated heterocycles. The van der Waals surface area contributed by atoms with Crippen molar-refractivity contribution in [1.29, 1.82) is 0 Å². The van der Waals surface area contributed by atoms with Crippen LogP contribution in [0.25, 0.3) is 22.3 Å². The largest absolute Gasteiger partial charge is 0.375 e. The molecule has 0 saturated carbocycles. The van der Waals surface area contributed by atoms with Crippen LogP contribution in [0.2, 0.25) is 0 Å². The Kier molecular flexibility index (Phi) is 2.63. The molecule has 0 fully saturated rings. The molecular formula is C22H14BNS. The van der Waals surface area contributed by atoms with Gasteiger partial charge in [0, 0.05) is 27.3 Å². The van der Waals surface area contributed by atoms with E-state index in [9.17, 15) is 0 Å². The lowest BCUT2D eigenvalue weighted by Crippen LogP contribution is -2.58. The van der Waals surface area contributed by atoms with Gasteiger partial charge in [0.15, 0.2) is 0 Å². The summed E-state index contributed by atoms with van der Waals surface area (Å²) in [4.78, 5) is 2.53. The second kappa shape index (κ2) is 4.87. The van der Waals surface area contributed by atoms with E-state index in [2.05, 4.69) is 89.1 Å². The van der Waals surface area contributed by atoms with Crippen LogP contribution in [0, 0.1) is 0 Å². The molecule has 6 rings (SSSR count). The van der Waals surface area contributed by atoms with Crippen LogP contribution in [0.3, 0.4) is 0 Å². The van der Waals surface area contributed by atoms with Gasteiger partial charge in [0.25, 0.3) is 0 Å². The highest BCUT2D eigenvalue weighted by Crippen LogP contribution is 2.45. The zero-order valence-corrected chi connectivity index (χ0v) is 14.3. The number of fused-ring (bicyclic) bond motifs is 11. The number of benzene rings is 3. The standard InChI is InChI=1S/C22H14BNS/c1-4-10-19-15(7-1)16-8-2-5-11-20(16)24-21-12-6-3-9-17(21)18-13-14-25-22(18)23(19)24/h1-14H. The highest BCUT2D eigenvalue weighted by molar-refractivity contribution is 7.25. The van der Waals surface area contributed by atoms with E-state index in [1.165, 1.54) is 43.9 Å². The molecule has 116 valence electrons. The minimum absolute atomic E-state index is 0.260. The SMILES string of the molecule is c1ccc2c(c1)B1c3sccc3-c3ccccc3N1c1ccccc1-2. The lowest BCUT2D eigenvalue weighted by atomic mass is 9.46. The minimum Gasteiger partial charge on any atom is -0.375 e. The molecule has 0 spiro atoms. The zero-order chi connectivity index (χ0) is 16.4. The number of hydrogen-bond acceptors (Lipinski definition) is 2. The Morgan fingerprint density at radius 3 is 1.96 bits per heavy atom. The second-order valence-corrected chi connectivity index (χ2v) is 7.54. The zero-order valence-electron chi connectivity index (χ0n) is 13.5. The van der Waals surface area contributed by atoms with E-state index < -0.39 is 0 Å². The van der Waals surface area contributed by atoms with Gasteiger partial charge in [-0.05, 0) is 40.2 Å². The van der Waals surface area contributed by atoms with Gasteiger partial charge in [-0.3, -0.25) is 0 Å². The number of thiophene rings is 1. The van der Waals surface area contributed by atoms with Gasteiger partial charge in [0.05, 0.1) is 0 Å². The quantitative estimate of drug-likeness (QED) is 0.423. The number of rotatable bonds is 0. The maximum absolute atomic E-state index is 2.53. The molecule has 0 amide bonds. The predicted octanol–water partition coefficient (Wildman–Crippen LogP) is 4.65. The molecule has 0 radical (unpaired) electrons. The number of para-hydroxylation sites is 2. The smallest absolute Gasteiger partial charge is 0.339 e. The van der Waals surface area contributed by atoms with Gasteiger partial charge in [-0.25, -0.2) is 0 Å². The summed E-state index contributed by atoms with van der Waals surface area (Å²) in [5.41, 5.74) is 9.42. The summed E-state index contributed by atoms with van der Waals surface area (Å²) in [6.07, 6.45) is 0. The Hall–Kier alpha value is -2.78. The lowest BCUT2D eigenvalue weighted by molar-refractivity contribution is 1.36. The first-order valence-electron chi connectivity index (χ1n) is 8.58. The Morgan fingerprint density at radius 1 is 0.600 bits per heavy atom. The summed E-state index contributed by atoms with van der Waals surface area (Å²) in [5, 5.41) is 2.23. The minimum atomic E-state index is 0.260. The Balaban J connectivity index is 1.77. The topological polar surface area (TPSA) is 3.24 Å². The Morgan fingerprint density at radius 2 is 1.20 bits per heavy atom. The van der Waals surface area contributed by atoms with Gasteiger partial charge in [-0.2, -0.15) is 11.3 Å². The normalized spacial score (nSPS) is 13.4. The Bertz CT molecular complexity index is 1130. The maximum atomic E-state index is 2.53. The third kappa shape index (κ3) is 1.69. The monoisotopic (exact) mass is 335 g/mol. The molecule has 3 heterocycles. The lowest BCUT2D eigenvalue weighted by Gasteiger charge is -2.42. The predicted molar refractivity (Wildman–Crippen MR) is 109 cm³/mol. The van der Waals surface area contributed by atoms with Crippen molar-refractivity contribution < 1.29 is 0 Å². The molecule has 0 unspecified atom stereocenters. The van der Waals surface area contributed by atoms with E-state index in [1.807, 2.05) is 11.3 Å². The van der Waals surface area contributed by atoms with Crippen molar-refractivity contribution in [2.45, 2.75) is 0 Å². The second-order valence-electron chi connectivity index (χ2n) is 6.59. The Labute approximate surface area is 151 Å². The number of hydrogen-bond donors (Lipinski definition) is 0.